The van der Waals surface area contributed by atoms with Crippen LogP contribution in [0.3, 0.4) is 0 Å². The van der Waals surface area contributed by atoms with Crippen LogP contribution in [0.1, 0.15) is 6.92 Å². The van der Waals surface area contributed by atoms with E-state index in [1.165, 1.54) is 6.92 Å². The summed E-state index contributed by atoms with van der Waals surface area (Å²) in [5, 5.41) is 0. The Morgan fingerprint density at radius 1 is 0.500 bits per heavy atom. The van der Waals surface area contributed by atoms with Crippen molar-refractivity contribution in [3.05, 3.63) is 0 Å². The lowest BCUT2D eigenvalue weighted by molar-refractivity contribution is -0.142. The molecule has 10 heteroatoms. The highest BCUT2D eigenvalue weighted by atomic mass is 127. The Balaban J connectivity index is 2.99. The Labute approximate surface area is 181 Å². The number of hydrogen-bond donors (Lipinski definition) is 0. The van der Waals surface area contributed by atoms with Gasteiger partial charge in [0.05, 0.1) is 92.5 Å². The predicted octanol–water partition coefficient (Wildman–Crippen LogP) is 1.10. The van der Waals surface area contributed by atoms with E-state index in [0.717, 1.165) is 11.0 Å². The van der Waals surface area contributed by atoms with Crippen LogP contribution in [-0.4, -0.2) is 110 Å². The highest BCUT2D eigenvalue weighted by Crippen LogP contribution is 1.86. The molecule has 0 aromatic carbocycles. The first-order valence-corrected chi connectivity index (χ1v) is 11.0. The molecule has 0 aromatic heterocycles. The molecule has 9 nitrogen and oxygen atoms in total. The summed E-state index contributed by atoms with van der Waals surface area (Å²) in [5.74, 6) is -0.303. The molecule has 0 saturated heterocycles. The van der Waals surface area contributed by atoms with Gasteiger partial charge >= 0.3 is 5.97 Å². The maximum atomic E-state index is 10.5. The molecule has 0 saturated carbocycles. The van der Waals surface area contributed by atoms with Crippen LogP contribution in [0.4, 0.5) is 0 Å². The maximum absolute atomic E-state index is 10.5. The van der Waals surface area contributed by atoms with E-state index in [9.17, 15) is 4.79 Å². The van der Waals surface area contributed by atoms with Gasteiger partial charge in [0.25, 0.3) is 0 Å². The van der Waals surface area contributed by atoms with Gasteiger partial charge < -0.3 is 37.9 Å². The number of ether oxygens (including phenoxy) is 8. The van der Waals surface area contributed by atoms with Crippen LogP contribution in [0.25, 0.3) is 0 Å². The Morgan fingerprint density at radius 2 is 0.750 bits per heavy atom. The average molecular weight is 522 g/mol. The minimum atomic E-state index is -0.303. The highest BCUT2D eigenvalue weighted by Gasteiger charge is 1.95. The third-order valence-corrected chi connectivity index (χ3v) is 3.43. The van der Waals surface area contributed by atoms with E-state index < -0.39 is 0 Å². The van der Waals surface area contributed by atoms with Crippen molar-refractivity contribution in [1.82, 2.24) is 0 Å². The van der Waals surface area contributed by atoms with Crippen LogP contribution in [0, 0.1) is 0 Å². The average Bonchev–Trinajstić information content (AvgIpc) is 2.68. The zero-order valence-corrected chi connectivity index (χ0v) is 19.0. The van der Waals surface area contributed by atoms with E-state index in [-0.39, 0.29) is 12.6 Å². The molecular weight excluding hydrogens is 487 g/mol. The first-order valence-electron chi connectivity index (χ1n) is 9.51. The predicted molar refractivity (Wildman–Crippen MR) is 111 cm³/mol. The quantitative estimate of drug-likeness (QED) is 0.0847. The molecule has 0 atom stereocenters. The molecule has 168 valence electrons. The Hall–Kier alpha value is -0.0800. The summed E-state index contributed by atoms with van der Waals surface area (Å²) in [6.07, 6.45) is 0. The van der Waals surface area contributed by atoms with E-state index in [1.807, 2.05) is 0 Å². The molecule has 0 amide bonds. The van der Waals surface area contributed by atoms with E-state index >= 15 is 0 Å². The van der Waals surface area contributed by atoms with Gasteiger partial charge in [0.15, 0.2) is 0 Å². The lowest BCUT2D eigenvalue weighted by Crippen LogP contribution is -2.15. The lowest BCUT2D eigenvalue weighted by atomic mass is 10.6. The summed E-state index contributed by atoms with van der Waals surface area (Å²) in [6, 6.07) is 0. The molecule has 0 unspecified atom stereocenters. The third-order valence-electron chi connectivity index (χ3n) is 2.99. The summed E-state index contributed by atoms with van der Waals surface area (Å²) >= 11 is 2.27. The van der Waals surface area contributed by atoms with Crippen molar-refractivity contribution in [2.24, 2.45) is 0 Å². The zero-order chi connectivity index (χ0) is 20.5. The van der Waals surface area contributed by atoms with Crippen molar-refractivity contribution in [3.63, 3.8) is 0 Å². The largest absolute Gasteiger partial charge is 0.463 e. The van der Waals surface area contributed by atoms with Crippen molar-refractivity contribution < 1.29 is 42.7 Å². The standard InChI is InChI=1S/C18H35IO9/c1-18(20)28-17-16-27-15-14-26-13-12-25-11-10-24-9-8-23-7-6-22-5-4-21-3-2-19/h2-17H2,1H3. The van der Waals surface area contributed by atoms with Crippen LogP contribution < -0.4 is 0 Å². The molecule has 0 aliphatic heterocycles. The fraction of sp³-hybridized carbons (Fsp3) is 0.944. The number of hydrogen-bond acceptors (Lipinski definition) is 9. The Bertz CT molecular complexity index is 321. The molecule has 0 heterocycles. The normalized spacial score (nSPS) is 11.1. The first kappa shape index (κ1) is 27.9. The van der Waals surface area contributed by atoms with Crippen LogP contribution in [0.5, 0.6) is 0 Å². The maximum Gasteiger partial charge on any atom is 0.302 e. The molecule has 0 spiro atoms. The second-order valence-electron chi connectivity index (χ2n) is 5.32. The fourth-order valence-corrected chi connectivity index (χ4v) is 2.03. The van der Waals surface area contributed by atoms with E-state index in [4.69, 9.17) is 37.9 Å². The first-order chi connectivity index (χ1) is 13.8. The van der Waals surface area contributed by atoms with Crippen LogP contribution in [0.15, 0.2) is 0 Å². The minimum absolute atomic E-state index is 0.269. The second-order valence-corrected chi connectivity index (χ2v) is 6.39. The van der Waals surface area contributed by atoms with Crippen molar-refractivity contribution in [3.8, 4) is 0 Å². The van der Waals surface area contributed by atoms with Crippen LogP contribution in [-0.2, 0) is 42.7 Å². The number of esters is 1. The molecular formula is C18H35IO9. The van der Waals surface area contributed by atoms with Gasteiger partial charge in [-0.2, -0.15) is 0 Å². The summed E-state index contributed by atoms with van der Waals surface area (Å²) in [6.45, 7) is 9.17. The van der Waals surface area contributed by atoms with E-state index in [2.05, 4.69) is 22.6 Å². The topological polar surface area (TPSA) is 90.9 Å². The van der Waals surface area contributed by atoms with E-state index in [0.29, 0.717) is 85.9 Å². The van der Waals surface area contributed by atoms with Gasteiger partial charge in [0.2, 0.25) is 0 Å². The molecule has 0 fully saturated rings. The smallest absolute Gasteiger partial charge is 0.302 e. The zero-order valence-electron chi connectivity index (χ0n) is 16.9. The van der Waals surface area contributed by atoms with Gasteiger partial charge in [-0.05, 0) is 0 Å². The highest BCUT2D eigenvalue weighted by molar-refractivity contribution is 14.1. The van der Waals surface area contributed by atoms with E-state index in [1.54, 1.807) is 0 Å². The monoisotopic (exact) mass is 522 g/mol. The summed E-state index contributed by atoms with van der Waals surface area (Å²) < 4.78 is 43.1. The van der Waals surface area contributed by atoms with Gasteiger partial charge in [-0.15, -0.1) is 0 Å². The fourth-order valence-electron chi connectivity index (χ4n) is 1.72. The molecule has 0 bridgehead atoms. The summed E-state index contributed by atoms with van der Waals surface area (Å²) in [7, 11) is 0. The molecule has 28 heavy (non-hydrogen) atoms. The molecule has 0 rings (SSSR count). The Kier molecular flexibility index (Phi) is 24.9. The van der Waals surface area contributed by atoms with Crippen LogP contribution in [0.2, 0.25) is 0 Å². The van der Waals surface area contributed by atoms with Crippen molar-refractivity contribution in [2.75, 3.05) is 104 Å². The molecule has 0 aromatic rings. The molecule has 0 N–H and O–H groups in total. The van der Waals surface area contributed by atoms with Gasteiger partial charge in [-0.25, -0.2) is 0 Å². The van der Waals surface area contributed by atoms with Crippen LogP contribution >= 0.6 is 22.6 Å². The van der Waals surface area contributed by atoms with Crippen molar-refractivity contribution >= 4 is 28.6 Å². The number of alkyl halides is 1. The van der Waals surface area contributed by atoms with Gasteiger partial charge in [0.1, 0.15) is 6.61 Å². The molecule has 0 aliphatic carbocycles. The van der Waals surface area contributed by atoms with Crippen molar-refractivity contribution in [1.29, 1.82) is 0 Å². The van der Waals surface area contributed by atoms with Crippen molar-refractivity contribution in [2.45, 2.75) is 6.92 Å². The number of rotatable bonds is 23. The SMILES string of the molecule is CC(=O)OCCOCCOCCOCCOCCOCCOCCOCCI. The number of halogens is 1. The summed E-state index contributed by atoms with van der Waals surface area (Å²) in [5.41, 5.74) is 0. The lowest BCUT2D eigenvalue weighted by Gasteiger charge is -2.08. The molecule has 0 aliphatic rings. The summed E-state index contributed by atoms with van der Waals surface area (Å²) in [4.78, 5) is 10.5. The Morgan fingerprint density at radius 3 is 1.00 bits per heavy atom. The van der Waals surface area contributed by atoms with Gasteiger partial charge in [-0.3, -0.25) is 4.79 Å². The third kappa shape index (κ3) is 25.9. The minimum Gasteiger partial charge on any atom is -0.463 e. The van der Waals surface area contributed by atoms with Gasteiger partial charge in [0, 0.05) is 11.4 Å². The number of carbonyl (C=O) groups excluding carboxylic acids is 1. The molecule has 0 radical (unpaired) electrons. The van der Waals surface area contributed by atoms with Gasteiger partial charge in [-0.1, -0.05) is 22.6 Å². The second kappa shape index (κ2) is 25.0. The number of carbonyl (C=O) groups is 1.